The van der Waals surface area contributed by atoms with Crippen molar-refractivity contribution in [3.05, 3.63) is 65.2 Å². The van der Waals surface area contributed by atoms with Gasteiger partial charge in [0.05, 0.1) is 0 Å². The first kappa shape index (κ1) is 21.0. The summed E-state index contributed by atoms with van der Waals surface area (Å²) in [5.74, 6) is 5.65. The summed E-state index contributed by atoms with van der Waals surface area (Å²) in [6.07, 6.45) is 2.82. The summed E-state index contributed by atoms with van der Waals surface area (Å²) in [5.41, 5.74) is 4.09. The second-order valence-electron chi connectivity index (χ2n) is 8.83. The molecule has 2 aromatic rings. The minimum Gasteiger partial charge on any atom is -0.331 e. The Morgan fingerprint density at radius 2 is 1.61 bits per heavy atom. The number of amides is 3. The minimum atomic E-state index is -0.101. The molecule has 2 aromatic carbocycles. The van der Waals surface area contributed by atoms with E-state index in [1.807, 2.05) is 66.1 Å². The molecular formula is C26H29N3O2. The van der Waals surface area contributed by atoms with Crippen LogP contribution >= 0.6 is 0 Å². The van der Waals surface area contributed by atoms with Gasteiger partial charge >= 0.3 is 6.03 Å². The molecule has 2 saturated heterocycles. The molecule has 2 aliphatic rings. The number of nitrogens with zero attached hydrogens (tertiary/aromatic N) is 2. The summed E-state index contributed by atoms with van der Waals surface area (Å²) in [6.45, 7) is 6.98. The molecule has 0 aliphatic carbocycles. The molecule has 0 bridgehead atoms. The molecule has 0 aromatic heterocycles. The van der Waals surface area contributed by atoms with Crippen molar-refractivity contribution in [2.24, 2.45) is 5.41 Å². The Morgan fingerprint density at radius 1 is 0.935 bits per heavy atom. The molecule has 0 atom stereocenters. The lowest BCUT2D eigenvalue weighted by atomic mass is 9.78. The van der Waals surface area contributed by atoms with E-state index in [1.54, 1.807) is 0 Å². The van der Waals surface area contributed by atoms with Crippen molar-refractivity contribution in [1.82, 2.24) is 9.80 Å². The van der Waals surface area contributed by atoms with Crippen molar-refractivity contribution >= 4 is 17.6 Å². The van der Waals surface area contributed by atoms with Crippen molar-refractivity contribution in [3.8, 4) is 11.8 Å². The normalized spacial score (nSPS) is 17.2. The fraction of sp³-hybridized carbons (Fsp3) is 0.385. The third-order valence-corrected chi connectivity index (χ3v) is 6.55. The first-order valence-corrected chi connectivity index (χ1v) is 10.9. The molecule has 2 aliphatic heterocycles. The Labute approximate surface area is 184 Å². The molecule has 0 unspecified atom stereocenters. The molecule has 4 rings (SSSR count). The number of benzene rings is 2. The maximum atomic E-state index is 12.7. The predicted octanol–water partition coefficient (Wildman–Crippen LogP) is 4.20. The van der Waals surface area contributed by atoms with Gasteiger partial charge in [0.1, 0.15) is 0 Å². The van der Waals surface area contributed by atoms with Crippen LogP contribution < -0.4 is 5.32 Å². The molecular weight excluding hydrogens is 386 g/mol. The number of carbonyl (C=O) groups excluding carboxylic acids is 2. The van der Waals surface area contributed by atoms with Gasteiger partial charge in [0.2, 0.25) is 0 Å². The molecule has 1 spiro atoms. The van der Waals surface area contributed by atoms with E-state index in [-0.39, 0.29) is 17.4 Å². The summed E-state index contributed by atoms with van der Waals surface area (Å²) >= 11 is 0. The highest BCUT2D eigenvalue weighted by atomic mass is 16.2. The van der Waals surface area contributed by atoms with Crippen molar-refractivity contribution in [3.63, 3.8) is 0 Å². The molecule has 31 heavy (non-hydrogen) atoms. The van der Waals surface area contributed by atoms with Crippen LogP contribution in [0.3, 0.4) is 0 Å². The molecule has 3 amide bonds. The molecule has 5 heteroatoms. The number of likely N-dealkylation sites (tertiary alicyclic amines) is 2. The van der Waals surface area contributed by atoms with E-state index in [4.69, 9.17) is 0 Å². The predicted molar refractivity (Wildman–Crippen MR) is 123 cm³/mol. The number of piperidine rings is 1. The van der Waals surface area contributed by atoms with Gasteiger partial charge in [-0.15, -0.1) is 0 Å². The highest BCUT2D eigenvalue weighted by Crippen LogP contribution is 2.40. The molecule has 160 valence electrons. The van der Waals surface area contributed by atoms with E-state index >= 15 is 0 Å². The average Bonchev–Trinajstić information content (AvgIpc) is 3.19. The quantitative estimate of drug-likeness (QED) is 0.710. The van der Waals surface area contributed by atoms with Gasteiger partial charge in [-0.05, 0) is 62.3 Å². The SMILES string of the molecule is Cc1ccc(NC(=O)N2CCC3(CCN(C(=O)C#Cc4ccccc4)C3)CC2)c(C)c1. The minimum absolute atomic E-state index is 0.0403. The van der Waals surface area contributed by atoms with E-state index in [9.17, 15) is 9.59 Å². The van der Waals surface area contributed by atoms with Crippen LogP contribution in [0.1, 0.15) is 36.0 Å². The highest BCUT2D eigenvalue weighted by molar-refractivity contribution is 5.94. The largest absolute Gasteiger partial charge is 0.331 e. The second kappa shape index (κ2) is 8.85. The van der Waals surface area contributed by atoms with Gasteiger partial charge < -0.3 is 15.1 Å². The summed E-state index contributed by atoms with van der Waals surface area (Å²) in [6, 6.07) is 15.6. The van der Waals surface area contributed by atoms with Crippen LogP contribution in [0, 0.1) is 31.1 Å². The molecule has 5 nitrogen and oxygen atoms in total. The topological polar surface area (TPSA) is 52.7 Å². The van der Waals surface area contributed by atoms with Gasteiger partial charge in [-0.3, -0.25) is 4.79 Å². The molecule has 0 saturated carbocycles. The number of carbonyl (C=O) groups is 2. The van der Waals surface area contributed by atoms with Crippen LogP contribution in [0.2, 0.25) is 0 Å². The van der Waals surface area contributed by atoms with Gasteiger partial charge in [0.15, 0.2) is 0 Å². The van der Waals surface area contributed by atoms with E-state index < -0.39 is 0 Å². The fourth-order valence-electron chi connectivity index (χ4n) is 4.58. The Bertz CT molecular complexity index is 1030. The summed E-state index contributed by atoms with van der Waals surface area (Å²) in [7, 11) is 0. The Hall–Kier alpha value is -3.26. The zero-order valence-electron chi connectivity index (χ0n) is 18.3. The van der Waals surface area contributed by atoms with E-state index in [1.165, 1.54) is 5.56 Å². The molecule has 0 radical (unpaired) electrons. The lowest BCUT2D eigenvalue weighted by Gasteiger charge is -2.39. The van der Waals surface area contributed by atoms with Crippen molar-refractivity contribution in [2.75, 3.05) is 31.5 Å². The molecule has 2 heterocycles. The Morgan fingerprint density at radius 3 is 2.29 bits per heavy atom. The van der Waals surface area contributed by atoms with E-state index in [0.717, 1.165) is 49.2 Å². The van der Waals surface area contributed by atoms with E-state index in [2.05, 4.69) is 23.2 Å². The van der Waals surface area contributed by atoms with Crippen LogP contribution in [0.25, 0.3) is 0 Å². The first-order chi connectivity index (χ1) is 14.9. The number of nitrogens with one attached hydrogen (secondary N) is 1. The van der Waals surface area contributed by atoms with Crippen LogP contribution in [0.15, 0.2) is 48.5 Å². The highest BCUT2D eigenvalue weighted by Gasteiger charge is 2.42. The maximum Gasteiger partial charge on any atom is 0.321 e. The zero-order chi connectivity index (χ0) is 21.8. The number of aryl methyl sites for hydroxylation is 2. The third kappa shape index (κ3) is 4.91. The average molecular weight is 416 g/mol. The van der Waals surface area contributed by atoms with E-state index in [0.29, 0.717) is 13.1 Å². The summed E-state index contributed by atoms with van der Waals surface area (Å²) < 4.78 is 0. The van der Waals surface area contributed by atoms with Crippen molar-refractivity contribution in [2.45, 2.75) is 33.1 Å². The van der Waals surface area contributed by atoms with Gasteiger partial charge in [-0.2, -0.15) is 0 Å². The van der Waals surface area contributed by atoms with Gasteiger partial charge in [0, 0.05) is 43.4 Å². The van der Waals surface area contributed by atoms with Gasteiger partial charge in [0.25, 0.3) is 5.91 Å². The molecule has 1 N–H and O–H groups in total. The standard InChI is InChI=1S/C26H29N3O2/c1-20-8-10-23(21(2)18-20)27-25(31)28-15-12-26(13-16-28)14-17-29(19-26)24(30)11-9-22-6-4-3-5-7-22/h3-8,10,18H,12-17,19H2,1-2H3,(H,27,31). The van der Waals surface area contributed by atoms with Gasteiger partial charge in [-0.1, -0.05) is 41.8 Å². The lowest BCUT2D eigenvalue weighted by Crippen LogP contribution is -2.46. The van der Waals surface area contributed by atoms with Gasteiger partial charge in [-0.25, -0.2) is 4.79 Å². The number of rotatable bonds is 1. The summed E-state index contributed by atoms with van der Waals surface area (Å²) in [5, 5.41) is 3.05. The Balaban J connectivity index is 1.30. The van der Waals surface area contributed by atoms with Crippen LogP contribution in [-0.4, -0.2) is 47.9 Å². The number of hydrogen-bond donors (Lipinski definition) is 1. The maximum absolute atomic E-state index is 12.7. The third-order valence-electron chi connectivity index (χ3n) is 6.55. The van der Waals surface area contributed by atoms with Crippen LogP contribution in [0.4, 0.5) is 10.5 Å². The smallest absolute Gasteiger partial charge is 0.321 e. The zero-order valence-corrected chi connectivity index (χ0v) is 18.3. The van der Waals surface area contributed by atoms with Crippen LogP contribution in [0.5, 0.6) is 0 Å². The van der Waals surface area contributed by atoms with Crippen molar-refractivity contribution in [1.29, 1.82) is 0 Å². The van der Waals surface area contributed by atoms with Crippen LogP contribution in [-0.2, 0) is 4.79 Å². The second-order valence-corrected chi connectivity index (χ2v) is 8.83. The number of urea groups is 1. The lowest BCUT2D eigenvalue weighted by molar-refractivity contribution is -0.124. The fourth-order valence-corrected chi connectivity index (χ4v) is 4.58. The monoisotopic (exact) mass is 415 g/mol. The molecule has 2 fully saturated rings. The first-order valence-electron chi connectivity index (χ1n) is 10.9. The Kier molecular flexibility index (Phi) is 5.99. The number of anilines is 1. The number of hydrogen-bond acceptors (Lipinski definition) is 2. The van der Waals surface area contributed by atoms with Crippen molar-refractivity contribution < 1.29 is 9.59 Å². The summed E-state index contributed by atoms with van der Waals surface area (Å²) in [4.78, 5) is 29.1.